The summed E-state index contributed by atoms with van der Waals surface area (Å²) in [5, 5.41) is 0. The third kappa shape index (κ3) is 5.30. The minimum atomic E-state index is -0.748. The van der Waals surface area contributed by atoms with Crippen LogP contribution in [0.15, 0.2) is 54.6 Å². The maximum absolute atomic E-state index is 13.9. The molecule has 2 atom stereocenters. The molecule has 2 bridgehead atoms. The molecule has 0 N–H and O–H groups in total. The van der Waals surface area contributed by atoms with Gasteiger partial charge < -0.3 is 14.0 Å². The van der Waals surface area contributed by atoms with Crippen LogP contribution >= 0.6 is 0 Å². The Morgan fingerprint density at radius 2 is 1.72 bits per heavy atom. The number of hydrogen-bond donors (Lipinski definition) is 0. The van der Waals surface area contributed by atoms with Crippen LogP contribution in [0.5, 0.6) is 5.75 Å². The average Bonchev–Trinajstić information content (AvgIpc) is 2.93. The molecule has 36 heavy (non-hydrogen) atoms. The van der Waals surface area contributed by atoms with Gasteiger partial charge >= 0.3 is 5.97 Å². The number of esters is 1. The molecule has 194 valence electrons. The number of benzene rings is 2. The number of quaternary nitrogens is 1. The van der Waals surface area contributed by atoms with Crippen LogP contribution in [0.2, 0.25) is 0 Å². The minimum absolute atomic E-state index is 0.0224. The molecular formula is C30H40FN2O3+. The number of rotatable bonds is 9. The molecule has 4 aliphatic rings. The number of ether oxygens (including phenoxy) is 2. The van der Waals surface area contributed by atoms with Crippen LogP contribution in [0.3, 0.4) is 0 Å². The summed E-state index contributed by atoms with van der Waals surface area (Å²) in [5.41, 5.74) is 0.279. The van der Waals surface area contributed by atoms with Crippen molar-refractivity contribution in [2.45, 2.75) is 57.1 Å². The van der Waals surface area contributed by atoms with E-state index in [2.05, 4.69) is 24.0 Å². The molecule has 5 nitrogen and oxygen atoms in total. The van der Waals surface area contributed by atoms with Gasteiger partial charge in [-0.3, -0.25) is 4.90 Å². The van der Waals surface area contributed by atoms with E-state index in [1.54, 1.807) is 12.1 Å². The molecule has 0 aromatic heterocycles. The highest BCUT2D eigenvalue weighted by atomic mass is 19.1. The number of nitrogens with zero attached hydrogens (tertiary/aromatic N) is 2. The molecule has 0 spiro atoms. The molecule has 0 aliphatic carbocycles. The zero-order chi connectivity index (χ0) is 25.0. The Labute approximate surface area is 214 Å². The first-order valence-corrected chi connectivity index (χ1v) is 13.7. The van der Waals surface area contributed by atoms with E-state index in [1.165, 1.54) is 18.6 Å². The smallest absolute Gasteiger partial charge is 0.331 e. The van der Waals surface area contributed by atoms with Crippen molar-refractivity contribution in [2.24, 2.45) is 5.92 Å². The van der Waals surface area contributed by atoms with Gasteiger partial charge in [0.1, 0.15) is 23.7 Å². The summed E-state index contributed by atoms with van der Waals surface area (Å²) < 4.78 is 26.4. The van der Waals surface area contributed by atoms with E-state index >= 15 is 0 Å². The molecular weight excluding hydrogens is 455 g/mol. The van der Waals surface area contributed by atoms with Gasteiger partial charge in [0.05, 0.1) is 26.2 Å². The lowest BCUT2D eigenvalue weighted by Crippen LogP contribution is -2.65. The quantitative estimate of drug-likeness (QED) is 0.274. The van der Waals surface area contributed by atoms with E-state index < -0.39 is 5.54 Å². The molecule has 4 heterocycles. The second-order valence-electron chi connectivity index (χ2n) is 11.1. The highest BCUT2D eigenvalue weighted by Crippen LogP contribution is 2.39. The summed E-state index contributed by atoms with van der Waals surface area (Å²) in [6, 6.07) is 16.4. The van der Waals surface area contributed by atoms with Gasteiger partial charge in [0.25, 0.3) is 0 Å². The molecule has 4 saturated heterocycles. The Kier molecular flexibility index (Phi) is 7.63. The molecule has 6 rings (SSSR count). The van der Waals surface area contributed by atoms with Crippen molar-refractivity contribution in [2.75, 3.05) is 45.9 Å². The maximum Gasteiger partial charge on any atom is 0.331 e. The predicted molar refractivity (Wildman–Crippen MR) is 138 cm³/mol. The number of carbonyl (C=O) groups excluding carboxylic acids is 1. The number of hydrogen-bond acceptors (Lipinski definition) is 4. The Morgan fingerprint density at radius 3 is 2.42 bits per heavy atom. The van der Waals surface area contributed by atoms with Gasteiger partial charge in [0.15, 0.2) is 6.10 Å². The van der Waals surface area contributed by atoms with Gasteiger partial charge in [-0.15, -0.1) is 0 Å². The van der Waals surface area contributed by atoms with Crippen molar-refractivity contribution in [3.05, 3.63) is 66.0 Å². The summed E-state index contributed by atoms with van der Waals surface area (Å²) in [6.07, 6.45) is 6.62. The maximum atomic E-state index is 13.9. The van der Waals surface area contributed by atoms with Crippen molar-refractivity contribution >= 4 is 5.97 Å². The number of halogens is 1. The largest absolute Gasteiger partial charge is 0.493 e. The predicted octanol–water partition coefficient (Wildman–Crippen LogP) is 5.15. The normalized spacial score (nSPS) is 27.8. The van der Waals surface area contributed by atoms with E-state index in [9.17, 15) is 9.18 Å². The second kappa shape index (κ2) is 10.9. The van der Waals surface area contributed by atoms with Crippen molar-refractivity contribution in [3.8, 4) is 5.75 Å². The molecule has 6 heteroatoms. The van der Waals surface area contributed by atoms with Crippen LogP contribution in [0.25, 0.3) is 0 Å². The van der Waals surface area contributed by atoms with E-state index in [0.29, 0.717) is 18.3 Å². The summed E-state index contributed by atoms with van der Waals surface area (Å²) >= 11 is 0. The highest BCUT2D eigenvalue weighted by molar-refractivity contribution is 5.82. The number of piperidine rings is 4. The molecule has 0 saturated carbocycles. The van der Waals surface area contributed by atoms with Crippen molar-refractivity contribution in [3.63, 3.8) is 0 Å². The molecule has 0 unspecified atom stereocenters. The number of fused-ring (bicyclic) bond motifs is 3. The van der Waals surface area contributed by atoms with Crippen LogP contribution in [-0.4, -0.2) is 67.3 Å². The fourth-order valence-electron chi connectivity index (χ4n) is 6.58. The monoisotopic (exact) mass is 495 g/mol. The standard InChI is InChI=1S/C30H40FN2O3/c1-30(25-9-4-2-5-10-25,32-17-6-3-7-18-32)29(34)36-28-23-33(20-15-24(28)16-21-33)19-8-22-35-27-13-11-26(31)12-14-27/h2,4-5,9-14,24,28H,3,6-8,15-23H2,1H3/q+1/t24?,28-,30+,33?/m1/s1. The number of carbonyl (C=O) groups is 1. The molecule has 0 radical (unpaired) electrons. The summed E-state index contributed by atoms with van der Waals surface area (Å²) in [6.45, 7) is 8.76. The highest BCUT2D eigenvalue weighted by Gasteiger charge is 2.50. The summed E-state index contributed by atoms with van der Waals surface area (Å²) in [7, 11) is 0. The third-order valence-electron chi connectivity index (χ3n) is 8.88. The zero-order valence-electron chi connectivity index (χ0n) is 21.5. The SMILES string of the molecule is C[C@@](C(=O)O[C@@H]1C[N+]2(CCCOc3ccc(F)cc3)CCC1CC2)(c1ccccc1)N1CCCCC1. The van der Waals surface area contributed by atoms with Gasteiger partial charge in [-0.25, -0.2) is 9.18 Å². The molecule has 4 aliphatic heterocycles. The van der Waals surface area contributed by atoms with Crippen LogP contribution < -0.4 is 4.74 Å². The van der Waals surface area contributed by atoms with Crippen LogP contribution in [-0.2, 0) is 15.1 Å². The average molecular weight is 496 g/mol. The zero-order valence-corrected chi connectivity index (χ0v) is 21.5. The van der Waals surface area contributed by atoms with Crippen molar-refractivity contribution < 1.29 is 23.1 Å². The van der Waals surface area contributed by atoms with Gasteiger partial charge in [0.2, 0.25) is 0 Å². The fourth-order valence-corrected chi connectivity index (χ4v) is 6.58. The fraction of sp³-hybridized carbons (Fsp3) is 0.567. The van der Waals surface area contributed by atoms with Crippen LogP contribution in [0, 0.1) is 11.7 Å². The van der Waals surface area contributed by atoms with Crippen LogP contribution in [0.4, 0.5) is 4.39 Å². The van der Waals surface area contributed by atoms with Crippen molar-refractivity contribution in [1.29, 1.82) is 0 Å². The third-order valence-corrected chi connectivity index (χ3v) is 8.88. The Hall–Kier alpha value is -2.44. The van der Waals surface area contributed by atoms with Gasteiger partial charge in [0, 0.05) is 25.2 Å². The van der Waals surface area contributed by atoms with Gasteiger partial charge in [-0.1, -0.05) is 36.8 Å². The van der Waals surface area contributed by atoms with Crippen molar-refractivity contribution in [1.82, 2.24) is 4.90 Å². The Bertz CT molecular complexity index is 1000. The number of likely N-dealkylation sites (tertiary alicyclic amines) is 1. The van der Waals surface area contributed by atoms with E-state index in [0.717, 1.165) is 81.4 Å². The topological polar surface area (TPSA) is 38.8 Å². The lowest BCUT2D eigenvalue weighted by Gasteiger charge is -2.52. The van der Waals surface area contributed by atoms with E-state index in [1.807, 2.05) is 18.2 Å². The van der Waals surface area contributed by atoms with E-state index in [-0.39, 0.29) is 17.9 Å². The van der Waals surface area contributed by atoms with Crippen LogP contribution in [0.1, 0.15) is 51.0 Å². The minimum Gasteiger partial charge on any atom is -0.493 e. The molecule has 2 aromatic carbocycles. The Balaban J connectivity index is 1.23. The van der Waals surface area contributed by atoms with Gasteiger partial charge in [-0.2, -0.15) is 0 Å². The summed E-state index contributed by atoms with van der Waals surface area (Å²) in [4.78, 5) is 16.3. The first kappa shape index (κ1) is 25.2. The first-order valence-electron chi connectivity index (χ1n) is 13.7. The second-order valence-corrected chi connectivity index (χ2v) is 11.1. The molecule has 2 aromatic rings. The lowest BCUT2D eigenvalue weighted by atomic mass is 9.82. The Morgan fingerprint density at radius 1 is 1.03 bits per heavy atom. The molecule has 4 fully saturated rings. The summed E-state index contributed by atoms with van der Waals surface area (Å²) in [5.74, 6) is 0.831. The lowest BCUT2D eigenvalue weighted by molar-refractivity contribution is -0.946. The van der Waals surface area contributed by atoms with E-state index in [4.69, 9.17) is 9.47 Å². The molecule has 0 amide bonds. The van der Waals surface area contributed by atoms with Gasteiger partial charge in [-0.05, 0) is 62.7 Å². The first-order chi connectivity index (χ1) is 17.5.